The minimum atomic E-state index is 0.903. The van der Waals surface area contributed by atoms with Gasteiger partial charge in [0, 0.05) is 49.0 Å². The minimum Gasteiger partial charge on any atom is -0.246 e. The number of hydrogen-bond acceptors (Lipinski definition) is 3. The molecule has 3 heterocycles. The summed E-state index contributed by atoms with van der Waals surface area (Å²) < 4.78 is 0. The van der Waals surface area contributed by atoms with Crippen LogP contribution in [0.25, 0.3) is 110 Å². The van der Waals surface area contributed by atoms with Gasteiger partial charge < -0.3 is 0 Å². The van der Waals surface area contributed by atoms with Gasteiger partial charge in [0.2, 0.25) is 0 Å². The van der Waals surface area contributed by atoms with Crippen molar-refractivity contribution in [3.8, 4) is 33.6 Å². The van der Waals surface area contributed by atoms with Gasteiger partial charge in [0.1, 0.15) is 0 Å². The fraction of sp³-hybridized carbons (Fsp3) is 0. The van der Waals surface area contributed by atoms with Crippen LogP contribution in [0.4, 0.5) is 0 Å². The van der Waals surface area contributed by atoms with Gasteiger partial charge in [-0.1, -0.05) is 152 Å². The van der Waals surface area contributed by atoms with Crippen LogP contribution >= 0.6 is 0 Å². The van der Waals surface area contributed by atoms with Crippen molar-refractivity contribution in [1.29, 1.82) is 0 Å². The number of nitrogens with zero attached hydrogens (tertiary/aromatic N) is 3. The van der Waals surface area contributed by atoms with Gasteiger partial charge in [-0.2, -0.15) is 0 Å². The van der Waals surface area contributed by atoms with Crippen LogP contribution in [-0.2, 0) is 0 Å². The molecule has 0 bridgehead atoms. The molecule has 0 unspecified atom stereocenters. The Morgan fingerprint density at radius 1 is 0.269 bits per heavy atom. The van der Waals surface area contributed by atoms with Gasteiger partial charge in [-0.3, -0.25) is 0 Å². The first-order chi connectivity index (χ1) is 25.8. The molecule has 0 aliphatic heterocycles. The van der Waals surface area contributed by atoms with E-state index in [2.05, 4.69) is 170 Å². The second-order valence-electron chi connectivity index (χ2n) is 13.6. The topological polar surface area (TPSA) is 38.7 Å². The van der Waals surface area contributed by atoms with Crippen LogP contribution in [0.3, 0.4) is 0 Å². The third kappa shape index (κ3) is 4.43. The Bertz CT molecular complexity index is 3140. The predicted octanol–water partition coefficient (Wildman–Crippen LogP) is 12.9. The normalized spacial score (nSPS) is 11.8. The number of benzene rings is 8. The van der Waals surface area contributed by atoms with Crippen LogP contribution in [0.1, 0.15) is 0 Å². The summed E-state index contributed by atoms with van der Waals surface area (Å²) in [5.41, 5.74) is 10.2. The molecule has 0 N–H and O–H groups in total. The maximum Gasteiger partial charge on any atom is 0.0972 e. The fourth-order valence-corrected chi connectivity index (χ4v) is 8.07. The number of aromatic nitrogens is 3. The molecule has 52 heavy (non-hydrogen) atoms. The van der Waals surface area contributed by atoms with Crippen molar-refractivity contribution >= 4 is 75.9 Å². The molecule has 3 aromatic heterocycles. The van der Waals surface area contributed by atoms with E-state index >= 15 is 0 Å². The second kappa shape index (κ2) is 11.3. The van der Waals surface area contributed by atoms with Crippen molar-refractivity contribution in [2.75, 3.05) is 0 Å². The fourth-order valence-electron chi connectivity index (χ4n) is 8.07. The summed E-state index contributed by atoms with van der Waals surface area (Å²) in [4.78, 5) is 16.0. The Balaban J connectivity index is 1.22. The Kier molecular flexibility index (Phi) is 6.25. The highest BCUT2D eigenvalue weighted by atomic mass is 14.8. The first-order valence-corrected chi connectivity index (χ1v) is 17.7. The average Bonchev–Trinajstić information content (AvgIpc) is 3.22. The standard InChI is InChI=1S/C49H29N3/c1-2-12-32(13-3-1)43-26-22-33-18-19-34-23-27-44(51-47(34)46(33)50-43)36-28-35-14-6-7-15-37(35)42(29-36)45-40-24-20-30-10-4-8-16-38(30)48(40)52-49-39-17-9-5-11-31(39)21-25-41(45)49/h1-29H. The number of pyridine rings is 3. The summed E-state index contributed by atoms with van der Waals surface area (Å²) in [5, 5.41) is 11.5. The first-order valence-electron chi connectivity index (χ1n) is 17.7. The molecule has 11 aromatic rings. The molecular weight excluding hydrogens is 631 g/mol. The molecule has 0 amide bonds. The molecule has 0 spiro atoms. The summed E-state index contributed by atoms with van der Waals surface area (Å²) >= 11 is 0. The summed E-state index contributed by atoms with van der Waals surface area (Å²) in [6.07, 6.45) is 0. The number of hydrogen-bond donors (Lipinski definition) is 0. The Hall–Kier alpha value is -6.97. The van der Waals surface area contributed by atoms with Crippen molar-refractivity contribution in [1.82, 2.24) is 15.0 Å². The molecule has 240 valence electrons. The Labute approximate surface area is 299 Å². The minimum absolute atomic E-state index is 0.903. The van der Waals surface area contributed by atoms with E-state index in [0.29, 0.717) is 0 Å². The van der Waals surface area contributed by atoms with E-state index in [-0.39, 0.29) is 0 Å². The highest BCUT2D eigenvalue weighted by molar-refractivity contribution is 6.23. The molecule has 0 saturated carbocycles. The molecular formula is C49H29N3. The lowest BCUT2D eigenvalue weighted by Crippen LogP contribution is -1.94. The van der Waals surface area contributed by atoms with E-state index < -0.39 is 0 Å². The summed E-state index contributed by atoms with van der Waals surface area (Å²) in [6.45, 7) is 0. The van der Waals surface area contributed by atoms with E-state index in [1.54, 1.807) is 0 Å². The average molecular weight is 660 g/mol. The van der Waals surface area contributed by atoms with E-state index in [9.17, 15) is 0 Å². The van der Waals surface area contributed by atoms with Crippen LogP contribution < -0.4 is 0 Å². The highest BCUT2D eigenvalue weighted by Gasteiger charge is 2.19. The first kappa shape index (κ1) is 28.8. The van der Waals surface area contributed by atoms with Gasteiger partial charge >= 0.3 is 0 Å². The lowest BCUT2D eigenvalue weighted by Gasteiger charge is -2.17. The van der Waals surface area contributed by atoms with Crippen molar-refractivity contribution in [3.05, 3.63) is 176 Å². The summed E-state index contributed by atoms with van der Waals surface area (Å²) in [6, 6.07) is 62.7. The van der Waals surface area contributed by atoms with Crippen LogP contribution in [0, 0.1) is 0 Å². The molecule has 0 aliphatic rings. The predicted molar refractivity (Wildman–Crippen MR) is 219 cm³/mol. The van der Waals surface area contributed by atoms with Crippen LogP contribution in [0.5, 0.6) is 0 Å². The van der Waals surface area contributed by atoms with Crippen molar-refractivity contribution < 1.29 is 0 Å². The summed E-state index contributed by atoms with van der Waals surface area (Å²) in [5.74, 6) is 0. The molecule has 3 nitrogen and oxygen atoms in total. The van der Waals surface area contributed by atoms with E-state index in [1.165, 1.54) is 32.7 Å². The lowest BCUT2D eigenvalue weighted by molar-refractivity contribution is 1.37. The van der Waals surface area contributed by atoms with E-state index in [4.69, 9.17) is 15.0 Å². The lowest BCUT2D eigenvalue weighted by atomic mass is 9.88. The maximum absolute atomic E-state index is 5.45. The molecule has 8 aromatic carbocycles. The van der Waals surface area contributed by atoms with Crippen LogP contribution in [0.2, 0.25) is 0 Å². The van der Waals surface area contributed by atoms with Crippen LogP contribution in [0.15, 0.2) is 176 Å². The molecule has 0 aliphatic carbocycles. The second-order valence-corrected chi connectivity index (χ2v) is 13.6. The quantitative estimate of drug-likeness (QED) is 0.140. The monoisotopic (exact) mass is 659 g/mol. The highest BCUT2D eigenvalue weighted by Crippen LogP contribution is 2.44. The van der Waals surface area contributed by atoms with Crippen molar-refractivity contribution in [3.63, 3.8) is 0 Å². The maximum atomic E-state index is 5.45. The molecule has 0 fully saturated rings. The van der Waals surface area contributed by atoms with Gasteiger partial charge in [-0.25, -0.2) is 15.0 Å². The SMILES string of the molecule is c1ccc(-c2ccc3ccc4ccc(-c5cc(-c6c7ccc8ccccc8c7nc7c6ccc6ccccc67)c6ccccc6c5)nc4c3n2)cc1. The zero-order chi connectivity index (χ0) is 34.2. The zero-order valence-electron chi connectivity index (χ0n) is 28.1. The molecule has 0 atom stereocenters. The zero-order valence-corrected chi connectivity index (χ0v) is 28.1. The Morgan fingerprint density at radius 3 is 1.37 bits per heavy atom. The van der Waals surface area contributed by atoms with Crippen molar-refractivity contribution in [2.24, 2.45) is 0 Å². The number of fused-ring (bicyclic) bond motifs is 10. The Morgan fingerprint density at radius 2 is 0.750 bits per heavy atom. The molecule has 3 heteroatoms. The third-order valence-corrected chi connectivity index (χ3v) is 10.6. The molecule has 0 radical (unpaired) electrons. The largest absolute Gasteiger partial charge is 0.246 e. The molecule has 11 rings (SSSR count). The third-order valence-electron chi connectivity index (χ3n) is 10.6. The molecule has 0 saturated heterocycles. The smallest absolute Gasteiger partial charge is 0.0972 e. The van der Waals surface area contributed by atoms with Gasteiger partial charge in [0.25, 0.3) is 0 Å². The summed E-state index contributed by atoms with van der Waals surface area (Å²) in [7, 11) is 0. The van der Waals surface area contributed by atoms with Gasteiger partial charge in [0.15, 0.2) is 0 Å². The number of rotatable bonds is 3. The van der Waals surface area contributed by atoms with Crippen LogP contribution in [-0.4, -0.2) is 15.0 Å². The van der Waals surface area contributed by atoms with Gasteiger partial charge in [0.05, 0.1) is 33.5 Å². The van der Waals surface area contributed by atoms with E-state index in [0.717, 1.165) is 76.9 Å². The van der Waals surface area contributed by atoms with Gasteiger partial charge in [-0.05, 0) is 51.4 Å². The van der Waals surface area contributed by atoms with Crippen molar-refractivity contribution in [2.45, 2.75) is 0 Å². The van der Waals surface area contributed by atoms with Gasteiger partial charge in [-0.15, -0.1) is 0 Å². The van der Waals surface area contributed by atoms with E-state index in [1.807, 2.05) is 6.07 Å².